The number of hydrogen-bond donors (Lipinski definition) is 2. The van der Waals surface area contributed by atoms with Crippen molar-refractivity contribution in [2.24, 2.45) is 28.6 Å². The molecule has 1 heterocycles. The Morgan fingerprint density at radius 2 is 1.68 bits per heavy atom. The van der Waals surface area contributed by atoms with Crippen LogP contribution in [0.2, 0.25) is 0 Å². The Kier molecular flexibility index (Phi) is 9.92. The van der Waals surface area contributed by atoms with E-state index in [1.807, 2.05) is 0 Å². The van der Waals surface area contributed by atoms with Crippen LogP contribution in [0.3, 0.4) is 0 Å². The summed E-state index contributed by atoms with van der Waals surface area (Å²) < 4.78 is 30.8. The molecule has 3 fully saturated rings. The second-order valence-electron chi connectivity index (χ2n) is 15.4. The zero-order valence-corrected chi connectivity index (χ0v) is 30.7. The zero-order valence-electron chi connectivity index (χ0n) is 30.7. The average molecular weight is 698 g/mol. The van der Waals surface area contributed by atoms with Gasteiger partial charge in [0.25, 0.3) is 0 Å². The first-order valence-corrected chi connectivity index (χ1v) is 17.3. The van der Waals surface area contributed by atoms with Crippen LogP contribution in [0, 0.1) is 28.6 Å². The molecule has 12 heteroatoms. The summed E-state index contributed by atoms with van der Waals surface area (Å²) >= 11 is 0. The Morgan fingerprint density at radius 1 is 1.04 bits per heavy atom. The van der Waals surface area contributed by atoms with Crippen molar-refractivity contribution in [1.29, 1.82) is 0 Å². The smallest absolute Gasteiger partial charge is 0.338 e. The van der Waals surface area contributed by atoms with Gasteiger partial charge in [-0.2, -0.15) is 0 Å². The molecule has 1 aromatic rings. The van der Waals surface area contributed by atoms with E-state index in [0.29, 0.717) is 11.1 Å². The van der Waals surface area contributed by atoms with Gasteiger partial charge < -0.3 is 34.1 Å². The highest BCUT2D eigenvalue weighted by molar-refractivity contribution is 5.92. The molecule has 11 atom stereocenters. The van der Waals surface area contributed by atoms with E-state index in [1.165, 1.54) is 21.0 Å². The van der Waals surface area contributed by atoms with Crippen molar-refractivity contribution in [3.05, 3.63) is 47.0 Å². The summed E-state index contributed by atoms with van der Waals surface area (Å²) in [5, 5.41) is 16.2. The Balaban J connectivity index is 1.75. The predicted octanol–water partition coefficient (Wildman–Crippen LogP) is 3.72. The maximum absolute atomic E-state index is 15.2. The van der Waals surface area contributed by atoms with E-state index >= 15 is 4.79 Å². The summed E-state index contributed by atoms with van der Waals surface area (Å²) in [5.74, 6) is -5.25. The van der Waals surface area contributed by atoms with E-state index < -0.39 is 88.2 Å². The van der Waals surface area contributed by atoms with E-state index in [2.05, 4.69) is 5.32 Å². The largest absolute Gasteiger partial charge is 0.457 e. The minimum Gasteiger partial charge on any atom is -0.457 e. The van der Waals surface area contributed by atoms with Crippen molar-refractivity contribution in [1.82, 2.24) is 5.32 Å². The van der Waals surface area contributed by atoms with Gasteiger partial charge >= 0.3 is 17.9 Å². The molecule has 0 aromatic heterocycles. The second kappa shape index (κ2) is 13.2. The number of carbonyl (C=O) groups is 5. The van der Waals surface area contributed by atoms with E-state index in [0.717, 1.165) is 0 Å². The number of hydrogen-bond acceptors (Lipinski definition) is 11. The number of nitrogens with one attached hydrogen (secondary N) is 1. The number of aliphatic hydroxyl groups is 1. The molecule has 1 amide bonds. The lowest BCUT2D eigenvalue weighted by Crippen LogP contribution is -2.81. The quantitative estimate of drug-likeness (QED) is 0.231. The van der Waals surface area contributed by atoms with E-state index in [4.69, 9.17) is 23.7 Å². The maximum atomic E-state index is 15.2. The fourth-order valence-electron chi connectivity index (χ4n) is 9.49. The summed E-state index contributed by atoms with van der Waals surface area (Å²) in [7, 11) is 1.49. The molecule has 1 saturated heterocycles. The number of esters is 3. The third kappa shape index (κ3) is 5.67. The Hall–Kier alpha value is -3.61. The molecule has 12 nitrogen and oxygen atoms in total. The van der Waals surface area contributed by atoms with Crippen LogP contribution in [0.15, 0.2) is 41.5 Å². The van der Waals surface area contributed by atoms with Gasteiger partial charge in [-0.15, -0.1) is 0 Å². The van der Waals surface area contributed by atoms with Gasteiger partial charge in [0.15, 0.2) is 5.60 Å². The van der Waals surface area contributed by atoms with Crippen LogP contribution in [0.25, 0.3) is 0 Å². The van der Waals surface area contributed by atoms with E-state index in [9.17, 15) is 24.3 Å². The molecule has 4 aliphatic rings. The van der Waals surface area contributed by atoms with Gasteiger partial charge in [-0.05, 0) is 51.0 Å². The maximum Gasteiger partial charge on any atom is 0.338 e. The third-order valence-corrected chi connectivity index (χ3v) is 12.3. The van der Waals surface area contributed by atoms with E-state index in [1.54, 1.807) is 78.8 Å². The first kappa shape index (κ1) is 37.6. The summed E-state index contributed by atoms with van der Waals surface area (Å²) in [6.45, 7) is 14.8. The molecular weight excluding hydrogens is 646 g/mol. The van der Waals surface area contributed by atoms with Crippen LogP contribution < -0.4 is 5.32 Å². The number of ether oxygens (including phenoxy) is 5. The molecule has 0 spiro atoms. The molecule has 2 bridgehead atoms. The van der Waals surface area contributed by atoms with Crippen molar-refractivity contribution >= 4 is 29.6 Å². The SMILES string of the molecule is CO[C@H]1C[C@H]2OC[C@@]2(OC(C)=O)C2C(OC(=O)c3ccccc3)[C@]3(O)C[C@H](OC(=O)[C@H](C)[C@H](C)NC(C)=O)C(C)=C([C@@H](C)C(=O)[C@@]21C)C3(C)C. The molecule has 2 N–H and O–H groups in total. The van der Waals surface area contributed by atoms with Gasteiger partial charge in [-0.25, -0.2) is 4.79 Å². The van der Waals surface area contributed by atoms with Crippen LogP contribution >= 0.6 is 0 Å². The molecule has 274 valence electrons. The number of benzene rings is 1. The van der Waals surface area contributed by atoms with Gasteiger partial charge in [0.2, 0.25) is 5.91 Å². The summed E-state index contributed by atoms with van der Waals surface area (Å²) in [5.41, 5.74) is -4.76. The number of ketones is 1. The molecule has 0 radical (unpaired) electrons. The van der Waals surface area contributed by atoms with Gasteiger partial charge in [-0.1, -0.05) is 39.0 Å². The van der Waals surface area contributed by atoms with Crippen LogP contribution in [0.4, 0.5) is 0 Å². The van der Waals surface area contributed by atoms with Crippen LogP contribution in [0.5, 0.6) is 0 Å². The third-order valence-electron chi connectivity index (χ3n) is 12.3. The molecule has 2 unspecified atom stereocenters. The van der Waals surface area contributed by atoms with Crippen molar-refractivity contribution in [2.45, 2.75) is 117 Å². The number of rotatable bonds is 8. The van der Waals surface area contributed by atoms with Gasteiger partial charge in [0, 0.05) is 51.2 Å². The highest BCUT2D eigenvalue weighted by atomic mass is 16.6. The first-order valence-electron chi connectivity index (χ1n) is 17.3. The molecule has 1 aliphatic heterocycles. The highest BCUT2D eigenvalue weighted by Crippen LogP contribution is 2.65. The standard InChI is InChI=1S/C38H51NO11/c1-19(22(4)39-23(5)40)33(43)48-26-17-38(45)32(49-34(44)25-14-12-11-13-15-25)30-36(9,31(42)21(3)29(20(26)2)35(38,7)8)27(46-10)16-28-37(30,18-47-28)50-24(6)41/h11-15,19,21-22,26-28,30,32,45H,16-18H2,1-10H3,(H,39,40)/t19-,21-,22+,26+,27+,28-,30?,32?,36-,37+,38-/m1/s1. The lowest BCUT2D eigenvalue weighted by Gasteiger charge is -2.68. The van der Waals surface area contributed by atoms with Crippen molar-refractivity contribution in [3.8, 4) is 0 Å². The lowest BCUT2D eigenvalue weighted by molar-refractivity contribution is -0.346. The van der Waals surface area contributed by atoms with Gasteiger partial charge in [0.1, 0.15) is 29.7 Å². The van der Waals surface area contributed by atoms with Crippen LogP contribution in [-0.4, -0.2) is 90.1 Å². The second-order valence-corrected chi connectivity index (χ2v) is 15.4. The number of carbonyl (C=O) groups excluding carboxylic acids is 5. The topological polar surface area (TPSA) is 164 Å². The molecule has 1 aromatic carbocycles. The molecule has 2 saturated carbocycles. The monoisotopic (exact) mass is 697 g/mol. The molecule has 50 heavy (non-hydrogen) atoms. The summed E-state index contributed by atoms with van der Waals surface area (Å²) in [4.78, 5) is 67.5. The minimum absolute atomic E-state index is 0.0931. The average Bonchev–Trinajstić information content (AvgIpc) is 3.04. The molecule has 5 rings (SSSR count). The zero-order chi connectivity index (χ0) is 37.1. The molecule has 3 aliphatic carbocycles. The number of methoxy groups -OCH3 is 1. The Labute approximate surface area is 293 Å². The van der Waals surface area contributed by atoms with Crippen LogP contribution in [-0.2, 0) is 42.9 Å². The fraction of sp³-hybridized carbons (Fsp3) is 0.658. The predicted molar refractivity (Wildman–Crippen MR) is 179 cm³/mol. The van der Waals surface area contributed by atoms with Gasteiger partial charge in [0.05, 0.1) is 35.5 Å². The summed E-state index contributed by atoms with van der Waals surface area (Å²) in [6.07, 6.45) is -3.98. The normalized spacial score (nSPS) is 37.0. The number of fused-ring (bicyclic) bond motifs is 5. The summed E-state index contributed by atoms with van der Waals surface area (Å²) in [6, 6.07) is 7.75. The van der Waals surface area contributed by atoms with Crippen molar-refractivity contribution in [3.63, 3.8) is 0 Å². The molecular formula is C38H51NO11. The fourth-order valence-corrected chi connectivity index (χ4v) is 9.49. The van der Waals surface area contributed by atoms with E-state index in [-0.39, 0.29) is 36.7 Å². The number of Topliss-reactive ketones (excluding diaryl/α,β-unsaturated/α-hetero) is 1. The van der Waals surface area contributed by atoms with Gasteiger partial charge in [-0.3, -0.25) is 19.2 Å². The first-order chi connectivity index (χ1) is 23.3. The van der Waals surface area contributed by atoms with Crippen molar-refractivity contribution < 1.29 is 52.8 Å². The Morgan fingerprint density at radius 3 is 2.22 bits per heavy atom. The van der Waals surface area contributed by atoms with Crippen molar-refractivity contribution in [2.75, 3.05) is 13.7 Å². The minimum atomic E-state index is -1.99. The Bertz CT molecular complexity index is 1590. The van der Waals surface area contributed by atoms with Crippen LogP contribution in [0.1, 0.15) is 85.5 Å². The lowest BCUT2D eigenvalue weighted by atomic mass is 9.43. The number of amides is 1. The highest BCUT2D eigenvalue weighted by Gasteiger charge is 2.77.